The Morgan fingerprint density at radius 2 is 1.94 bits per heavy atom. The normalized spacial score (nSPS) is 12.4. The average molecular weight is 484 g/mol. The van der Waals surface area contributed by atoms with Gasteiger partial charge in [0.25, 0.3) is 0 Å². The van der Waals surface area contributed by atoms with Gasteiger partial charge in [0.2, 0.25) is 0 Å². The lowest BCUT2D eigenvalue weighted by Crippen LogP contribution is -1.98. The maximum Gasteiger partial charge on any atom is 0.123 e. The van der Waals surface area contributed by atoms with Crippen molar-refractivity contribution in [2.75, 3.05) is 0 Å². The number of alkyl halides is 1. The Morgan fingerprint density at radius 1 is 1.17 bits per heavy atom. The number of hydrogen-bond acceptors (Lipinski definition) is 0. The van der Waals surface area contributed by atoms with Crippen molar-refractivity contribution in [3.05, 3.63) is 67.5 Å². The van der Waals surface area contributed by atoms with E-state index in [9.17, 15) is 4.39 Å². The van der Waals surface area contributed by atoms with E-state index in [1.165, 1.54) is 15.2 Å². The highest BCUT2D eigenvalue weighted by Gasteiger charge is 2.12. The smallest absolute Gasteiger partial charge is 0.123 e. The van der Waals surface area contributed by atoms with Gasteiger partial charge in [-0.05, 0) is 70.5 Å². The first kappa shape index (κ1) is 14.5. The van der Waals surface area contributed by atoms with Crippen LogP contribution in [0.3, 0.4) is 0 Å². The lowest BCUT2D eigenvalue weighted by molar-refractivity contribution is 0.625. The highest BCUT2D eigenvalue weighted by atomic mass is 127. The largest absolute Gasteiger partial charge is 0.207 e. The second-order valence-electron chi connectivity index (χ2n) is 3.97. The lowest BCUT2D eigenvalue weighted by atomic mass is 10.0. The highest BCUT2D eigenvalue weighted by Crippen LogP contribution is 2.32. The summed E-state index contributed by atoms with van der Waals surface area (Å²) in [7, 11) is 0. The number of rotatable bonds is 3. The molecule has 1 unspecified atom stereocenters. The minimum atomic E-state index is -0.184. The Kier molecular flexibility index (Phi) is 5.21. The molecule has 4 heteroatoms. The maximum atomic E-state index is 13.1. The zero-order valence-corrected chi connectivity index (χ0v) is 14.7. The van der Waals surface area contributed by atoms with Gasteiger partial charge in [-0.25, -0.2) is 4.39 Å². The van der Waals surface area contributed by atoms with Crippen LogP contribution in [0.15, 0.2) is 46.9 Å². The monoisotopic (exact) mass is 482 g/mol. The Morgan fingerprint density at radius 3 is 2.67 bits per heavy atom. The molecule has 1 atom stereocenters. The summed E-state index contributed by atoms with van der Waals surface area (Å²) in [5.41, 5.74) is 2.21. The molecular formula is C14H10Br2FI. The lowest BCUT2D eigenvalue weighted by Gasteiger charge is -2.13. The molecule has 0 aliphatic rings. The van der Waals surface area contributed by atoms with Crippen LogP contribution < -0.4 is 0 Å². The minimum absolute atomic E-state index is 0.184. The van der Waals surface area contributed by atoms with Crippen LogP contribution in [0.4, 0.5) is 4.39 Å². The first-order valence-corrected chi connectivity index (χ1v) is 8.18. The molecule has 0 aliphatic carbocycles. The van der Waals surface area contributed by atoms with Gasteiger partial charge in [0.15, 0.2) is 0 Å². The quantitative estimate of drug-likeness (QED) is 0.378. The van der Waals surface area contributed by atoms with Crippen molar-refractivity contribution in [2.45, 2.75) is 11.2 Å². The predicted octanol–water partition coefficient (Wildman–Crippen LogP) is 5.87. The van der Waals surface area contributed by atoms with Crippen molar-refractivity contribution >= 4 is 54.5 Å². The van der Waals surface area contributed by atoms with E-state index in [4.69, 9.17) is 0 Å². The molecule has 0 N–H and O–H groups in total. The molecule has 0 radical (unpaired) electrons. The zero-order valence-electron chi connectivity index (χ0n) is 9.34. The molecular weight excluding hydrogens is 474 g/mol. The standard InChI is InChI=1S/C14H10Br2FI/c15-10-4-5-14(18)12(8-10)13(16)7-9-2-1-3-11(17)6-9/h1-6,8,13H,7H2. The molecule has 2 aromatic carbocycles. The van der Waals surface area contributed by atoms with Gasteiger partial charge in [0, 0.05) is 12.9 Å². The molecule has 2 rings (SSSR count). The van der Waals surface area contributed by atoms with Gasteiger partial charge in [-0.15, -0.1) is 0 Å². The fourth-order valence-electron chi connectivity index (χ4n) is 1.74. The third kappa shape index (κ3) is 3.78. The van der Waals surface area contributed by atoms with Crippen LogP contribution >= 0.6 is 54.5 Å². The Bertz CT molecular complexity index is 557. The van der Waals surface area contributed by atoms with Gasteiger partial charge >= 0.3 is 0 Å². The van der Waals surface area contributed by atoms with Crippen LogP contribution in [-0.2, 0) is 6.42 Å². The number of benzene rings is 2. The van der Waals surface area contributed by atoms with Gasteiger partial charge in [0.05, 0.1) is 0 Å². The summed E-state index contributed by atoms with van der Waals surface area (Å²) < 4.78 is 15.4. The molecule has 0 nitrogen and oxygen atoms in total. The topological polar surface area (TPSA) is 0 Å². The SMILES string of the molecule is Fc1cccc(CC(Br)c2cc(Br)ccc2I)c1. The molecule has 0 saturated carbocycles. The van der Waals surface area contributed by atoms with E-state index in [1.54, 1.807) is 12.1 Å². The second-order valence-corrected chi connectivity index (χ2v) is 7.15. The zero-order chi connectivity index (χ0) is 13.1. The number of halogens is 4. The minimum Gasteiger partial charge on any atom is -0.207 e. The summed E-state index contributed by atoms with van der Waals surface area (Å²) in [6.45, 7) is 0. The molecule has 0 spiro atoms. The molecule has 0 bridgehead atoms. The number of hydrogen-bond donors (Lipinski definition) is 0. The third-order valence-corrected chi connectivity index (χ3v) is 4.89. The van der Waals surface area contributed by atoms with Crippen molar-refractivity contribution in [3.8, 4) is 0 Å². The Labute approximate surface area is 136 Å². The predicted molar refractivity (Wildman–Crippen MR) is 88.6 cm³/mol. The second kappa shape index (κ2) is 6.48. The van der Waals surface area contributed by atoms with Crippen molar-refractivity contribution in [1.29, 1.82) is 0 Å². The molecule has 0 saturated heterocycles. The first-order chi connectivity index (χ1) is 8.56. The molecule has 0 fully saturated rings. The van der Waals surface area contributed by atoms with E-state index in [0.717, 1.165) is 16.5 Å². The van der Waals surface area contributed by atoms with Crippen LogP contribution in [0, 0.1) is 9.39 Å². The summed E-state index contributed by atoms with van der Waals surface area (Å²) in [5.74, 6) is -0.184. The van der Waals surface area contributed by atoms with Gasteiger partial charge in [0.1, 0.15) is 5.82 Å². The molecule has 18 heavy (non-hydrogen) atoms. The molecule has 2 aromatic rings. The molecule has 0 aliphatic heterocycles. The van der Waals surface area contributed by atoms with E-state index in [1.807, 2.05) is 12.1 Å². The van der Waals surface area contributed by atoms with Gasteiger partial charge in [-0.2, -0.15) is 0 Å². The van der Waals surface area contributed by atoms with Crippen molar-refractivity contribution in [3.63, 3.8) is 0 Å². The summed E-state index contributed by atoms with van der Waals surface area (Å²) in [6.07, 6.45) is 0.768. The van der Waals surface area contributed by atoms with E-state index in [-0.39, 0.29) is 10.6 Å². The average Bonchev–Trinajstić information content (AvgIpc) is 2.32. The van der Waals surface area contributed by atoms with Crippen LogP contribution in [0.2, 0.25) is 0 Å². The van der Waals surface area contributed by atoms with Crippen molar-refractivity contribution < 1.29 is 4.39 Å². The summed E-state index contributed by atoms with van der Waals surface area (Å²) in [6, 6.07) is 12.9. The van der Waals surface area contributed by atoms with E-state index in [2.05, 4.69) is 66.6 Å². The van der Waals surface area contributed by atoms with Crippen LogP contribution in [0.1, 0.15) is 16.0 Å². The molecule has 0 heterocycles. The Balaban J connectivity index is 2.21. The maximum absolute atomic E-state index is 13.1. The molecule has 0 aromatic heterocycles. The van der Waals surface area contributed by atoms with Gasteiger partial charge in [-0.3, -0.25) is 0 Å². The summed E-state index contributed by atoms with van der Waals surface area (Å²) in [4.78, 5) is 0.184. The fourth-order valence-corrected chi connectivity index (χ4v) is 4.01. The molecule has 0 amide bonds. The van der Waals surface area contributed by atoms with Gasteiger partial charge < -0.3 is 0 Å². The van der Waals surface area contributed by atoms with Crippen LogP contribution in [0.5, 0.6) is 0 Å². The van der Waals surface area contributed by atoms with E-state index in [0.29, 0.717) is 0 Å². The first-order valence-electron chi connectivity index (χ1n) is 5.40. The van der Waals surface area contributed by atoms with Crippen molar-refractivity contribution in [2.24, 2.45) is 0 Å². The van der Waals surface area contributed by atoms with E-state index >= 15 is 0 Å². The fraction of sp³-hybridized carbons (Fsp3) is 0.143. The van der Waals surface area contributed by atoms with Crippen molar-refractivity contribution in [1.82, 2.24) is 0 Å². The van der Waals surface area contributed by atoms with Crippen LogP contribution in [-0.4, -0.2) is 0 Å². The van der Waals surface area contributed by atoms with Gasteiger partial charge in [-0.1, -0.05) is 44.0 Å². The Hall–Kier alpha value is 0.0600. The summed E-state index contributed by atoms with van der Waals surface area (Å²) >= 11 is 9.48. The third-order valence-electron chi connectivity index (χ3n) is 2.60. The molecule has 94 valence electrons. The highest BCUT2D eigenvalue weighted by molar-refractivity contribution is 14.1. The van der Waals surface area contributed by atoms with E-state index < -0.39 is 0 Å². The van der Waals surface area contributed by atoms with Crippen LogP contribution in [0.25, 0.3) is 0 Å². The summed E-state index contributed by atoms with van der Waals surface area (Å²) in [5, 5.41) is 0.